The molecule has 1 N–H and O–H groups in total. The topological polar surface area (TPSA) is 28.7 Å². The van der Waals surface area contributed by atoms with Gasteiger partial charge in [0.2, 0.25) is 0 Å². The maximum Gasteiger partial charge on any atom is 0.0650 e. The van der Waals surface area contributed by atoms with E-state index in [0.29, 0.717) is 0 Å². The molecular weight excluding hydrogens is 184 g/mol. The van der Waals surface area contributed by atoms with Crippen LogP contribution >= 0.6 is 0 Å². The molecule has 76 valence electrons. The summed E-state index contributed by atoms with van der Waals surface area (Å²) in [7, 11) is 0. The third kappa shape index (κ3) is 2.81. The summed E-state index contributed by atoms with van der Waals surface area (Å²) in [6.45, 7) is 0. The molecule has 0 atom stereocenters. The van der Waals surface area contributed by atoms with Crippen LogP contribution in [-0.2, 0) is 0 Å². The second-order valence-electron chi connectivity index (χ2n) is 3.39. The molecular formula is C13H14N2. The van der Waals surface area contributed by atoms with Crippen LogP contribution in [0.5, 0.6) is 0 Å². The van der Waals surface area contributed by atoms with Gasteiger partial charge in [-0.15, -0.1) is 0 Å². The number of benzene rings is 1. The number of para-hydroxylation sites is 1. The average molecular weight is 198 g/mol. The first-order valence-corrected chi connectivity index (χ1v) is 5.16. The highest BCUT2D eigenvalue weighted by Gasteiger charge is 1.88. The van der Waals surface area contributed by atoms with Crippen LogP contribution in [-0.4, -0.2) is 10.2 Å². The molecule has 3 rings (SSSR count). The largest absolute Gasteiger partial charge is 0.278 e. The molecule has 1 aromatic carbocycles. The number of aromatic nitrogens is 2. The molecule has 1 aliphatic rings. The maximum absolute atomic E-state index is 3.88. The van der Waals surface area contributed by atoms with Crippen molar-refractivity contribution in [2.24, 2.45) is 0 Å². The summed E-state index contributed by atoms with van der Waals surface area (Å²) in [5.74, 6) is 0. The molecule has 2 aromatic rings. The summed E-state index contributed by atoms with van der Waals surface area (Å²) in [4.78, 5) is 0. The fraction of sp³-hybridized carbons (Fsp3) is 0.154. The van der Waals surface area contributed by atoms with Crippen molar-refractivity contribution in [2.45, 2.75) is 12.8 Å². The molecule has 1 aromatic heterocycles. The molecule has 0 saturated heterocycles. The molecule has 1 aliphatic carbocycles. The number of hydrogen-bond donors (Lipinski definition) is 1. The standard InChI is InChI=1S/C7H6N2.C6H8/c1-2-4-7-6(3-1)5-8-9-7;1-2-4-6-5-3-1/h1-5H,(H,8,9);1-4H,5-6H2. The Morgan fingerprint density at radius 2 is 1.73 bits per heavy atom. The van der Waals surface area contributed by atoms with E-state index >= 15 is 0 Å². The van der Waals surface area contributed by atoms with E-state index in [1.165, 1.54) is 12.8 Å². The summed E-state index contributed by atoms with van der Waals surface area (Å²) in [6.07, 6.45) is 12.8. The highest BCUT2D eigenvalue weighted by Crippen LogP contribution is 2.06. The van der Waals surface area contributed by atoms with Crippen molar-refractivity contribution in [2.75, 3.05) is 0 Å². The predicted octanol–water partition coefficient (Wildman–Crippen LogP) is 3.46. The monoisotopic (exact) mass is 198 g/mol. The Morgan fingerprint density at radius 1 is 1.00 bits per heavy atom. The molecule has 0 amide bonds. The Bertz CT molecular complexity index is 424. The van der Waals surface area contributed by atoms with E-state index in [1.807, 2.05) is 30.5 Å². The number of H-pyrrole nitrogens is 1. The van der Waals surface area contributed by atoms with E-state index in [2.05, 4.69) is 34.5 Å². The highest BCUT2D eigenvalue weighted by atomic mass is 15.1. The lowest BCUT2D eigenvalue weighted by atomic mass is 10.2. The lowest BCUT2D eigenvalue weighted by Crippen LogP contribution is -1.67. The number of rotatable bonds is 0. The SMILES string of the molecule is C1=CCCC=C1.c1ccc2[nH]ncc2c1. The van der Waals surface area contributed by atoms with Crippen molar-refractivity contribution in [1.29, 1.82) is 0 Å². The van der Waals surface area contributed by atoms with Gasteiger partial charge in [0.15, 0.2) is 0 Å². The molecule has 15 heavy (non-hydrogen) atoms. The Hall–Kier alpha value is -1.83. The number of nitrogens with one attached hydrogen (secondary N) is 1. The first kappa shape index (κ1) is 9.71. The van der Waals surface area contributed by atoms with Crippen LogP contribution in [0.3, 0.4) is 0 Å². The average Bonchev–Trinajstić information content (AvgIpc) is 2.80. The number of aromatic amines is 1. The Kier molecular flexibility index (Phi) is 3.34. The lowest BCUT2D eigenvalue weighted by molar-refractivity contribution is 1.04. The van der Waals surface area contributed by atoms with Gasteiger partial charge in [-0.3, -0.25) is 5.10 Å². The van der Waals surface area contributed by atoms with Crippen LogP contribution in [0.15, 0.2) is 54.8 Å². The molecule has 0 bridgehead atoms. The van der Waals surface area contributed by atoms with E-state index in [-0.39, 0.29) is 0 Å². The zero-order valence-electron chi connectivity index (χ0n) is 8.56. The Morgan fingerprint density at radius 3 is 2.33 bits per heavy atom. The van der Waals surface area contributed by atoms with E-state index in [9.17, 15) is 0 Å². The molecule has 0 aliphatic heterocycles. The minimum Gasteiger partial charge on any atom is -0.278 e. The van der Waals surface area contributed by atoms with Gasteiger partial charge < -0.3 is 0 Å². The van der Waals surface area contributed by atoms with Crippen molar-refractivity contribution >= 4 is 10.9 Å². The van der Waals surface area contributed by atoms with Crippen LogP contribution in [0.4, 0.5) is 0 Å². The summed E-state index contributed by atoms with van der Waals surface area (Å²) < 4.78 is 0. The maximum atomic E-state index is 3.88. The minimum atomic E-state index is 1.09. The van der Waals surface area contributed by atoms with Gasteiger partial charge in [-0.05, 0) is 18.9 Å². The molecule has 2 nitrogen and oxygen atoms in total. The fourth-order valence-corrected chi connectivity index (χ4v) is 1.42. The molecule has 2 heteroatoms. The van der Waals surface area contributed by atoms with E-state index in [4.69, 9.17) is 0 Å². The smallest absolute Gasteiger partial charge is 0.0650 e. The highest BCUT2D eigenvalue weighted by molar-refractivity contribution is 5.77. The van der Waals surface area contributed by atoms with E-state index in [0.717, 1.165) is 10.9 Å². The summed E-state index contributed by atoms with van der Waals surface area (Å²) in [5.41, 5.74) is 1.09. The van der Waals surface area contributed by atoms with Crippen LogP contribution in [0, 0.1) is 0 Å². The van der Waals surface area contributed by atoms with Crippen molar-refractivity contribution < 1.29 is 0 Å². The first-order chi connectivity index (χ1) is 7.47. The second-order valence-corrected chi connectivity index (χ2v) is 3.39. The molecule has 0 saturated carbocycles. The Labute approximate surface area is 89.3 Å². The number of nitrogens with zero attached hydrogens (tertiary/aromatic N) is 1. The molecule has 0 unspecified atom stereocenters. The van der Waals surface area contributed by atoms with Crippen LogP contribution < -0.4 is 0 Å². The van der Waals surface area contributed by atoms with Gasteiger partial charge in [0, 0.05) is 5.39 Å². The summed E-state index contributed by atoms with van der Waals surface area (Å²) in [5, 5.41) is 7.91. The van der Waals surface area contributed by atoms with Gasteiger partial charge >= 0.3 is 0 Å². The van der Waals surface area contributed by atoms with Gasteiger partial charge in [0.1, 0.15) is 0 Å². The van der Waals surface area contributed by atoms with Gasteiger partial charge in [0.25, 0.3) is 0 Å². The zero-order chi connectivity index (χ0) is 10.3. The van der Waals surface area contributed by atoms with Crippen LogP contribution in [0.25, 0.3) is 10.9 Å². The molecule has 1 heterocycles. The van der Waals surface area contributed by atoms with Gasteiger partial charge in [-0.25, -0.2) is 0 Å². The van der Waals surface area contributed by atoms with E-state index < -0.39 is 0 Å². The third-order valence-corrected chi connectivity index (χ3v) is 2.23. The molecule has 0 fully saturated rings. The van der Waals surface area contributed by atoms with Crippen molar-refractivity contribution in [1.82, 2.24) is 10.2 Å². The fourth-order valence-electron chi connectivity index (χ4n) is 1.42. The minimum absolute atomic E-state index is 1.09. The van der Waals surface area contributed by atoms with Crippen molar-refractivity contribution in [3.8, 4) is 0 Å². The van der Waals surface area contributed by atoms with Crippen LogP contribution in [0.1, 0.15) is 12.8 Å². The quantitative estimate of drug-likeness (QED) is 0.690. The van der Waals surface area contributed by atoms with E-state index in [1.54, 1.807) is 0 Å². The zero-order valence-corrected chi connectivity index (χ0v) is 8.56. The molecule has 0 spiro atoms. The predicted molar refractivity (Wildman–Crippen MR) is 63.6 cm³/mol. The second kappa shape index (κ2) is 5.15. The number of allylic oxidation sites excluding steroid dienone is 4. The Balaban J connectivity index is 0.000000124. The van der Waals surface area contributed by atoms with Crippen molar-refractivity contribution in [3.63, 3.8) is 0 Å². The summed E-state index contributed by atoms with van der Waals surface area (Å²) in [6, 6.07) is 8.01. The van der Waals surface area contributed by atoms with Gasteiger partial charge in [0.05, 0.1) is 11.7 Å². The number of fused-ring (bicyclic) bond motifs is 1. The van der Waals surface area contributed by atoms with Gasteiger partial charge in [-0.2, -0.15) is 5.10 Å². The number of hydrogen-bond acceptors (Lipinski definition) is 1. The first-order valence-electron chi connectivity index (χ1n) is 5.16. The third-order valence-electron chi connectivity index (χ3n) is 2.23. The normalized spacial score (nSPS) is 13.6. The van der Waals surface area contributed by atoms with Crippen molar-refractivity contribution in [3.05, 3.63) is 54.8 Å². The van der Waals surface area contributed by atoms with Crippen LogP contribution in [0.2, 0.25) is 0 Å². The molecule has 0 radical (unpaired) electrons. The summed E-state index contributed by atoms with van der Waals surface area (Å²) >= 11 is 0. The lowest BCUT2D eigenvalue weighted by Gasteiger charge is -1.88. The van der Waals surface area contributed by atoms with Gasteiger partial charge in [-0.1, -0.05) is 42.5 Å².